The lowest BCUT2D eigenvalue weighted by Gasteiger charge is -2.37. The molecular weight excluding hydrogens is 532 g/mol. The molecule has 5 atom stereocenters. The van der Waals surface area contributed by atoms with Crippen molar-refractivity contribution >= 4 is 34.2 Å². The molecule has 3 aliphatic rings. The molecule has 3 aliphatic heterocycles. The van der Waals surface area contributed by atoms with Crippen LogP contribution in [-0.2, 0) is 23.9 Å². The first-order chi connectivity index (χ1) is 20.4. The van der Waals surface area contributed by atoms with Gasteiger partial charge in [-0.25, -0.2) is 0 Å². The Hall–Kier alpha value is -3.49. The maximum Gasteiger partial charge on any atom is 0.312 e. The van der Waals surface area contributed by atoms with Gasteiger partial charge in [0.2, 0.25) is 5.91 Å². The maximum absolute atomic E-state index is 14.8. The zero-order valence-corrected chi connectivity index (χ0v) is 24.5. The number of amides is 2. The average Bonchev–Trinajstić information content (AvgIpc) is 3.61. The van der Waals surface area contributed by atoms with Crippen LogP contribution in [0, 0.1) is 11.8 Å². The van der Waals surface area contributed by atoms with E-state index in [9.17, 15) is 19.5 Å². The number of fused-ring (bicyclic) bond motifs is 2. The largest absolute Gasteiger partial charge is 0.465 e. The summed E-state index contributed by atoms with van der Waals surface area (Å²) in [5, 5.41) is 11.4. The van der Waals surface area contributed by atoms with Crippen LogP contribution in [0.15, 0.2) is 67.8 Å². The van der Waals surface area contributed by atoms with Gasteiger partial charge in [0, 0.05) is 25.4 Å². The molecule has 5 rings (SSSR count). The molecule has 8 nitrogen and oxygen atoms in total. The predicted octanol–water partition coefficient (Wildman–Crippen LogP) is 4.80. The quantitative estimate of drug-likeness (QED) is 0.198. The van der Waals surface area contributed by atoms with E-state index in [1.165, 1.54) is 0 Å². The van der Waals surface area contributed by atoms with Crippen LogP contribution in [-0.4, -0.2) is 71.3 Å². The molecule has 1 spiro atoms. The fraction of sp³-hybridized carbons (Fsp3) is 0.500. The van der Waals surface area contributed by atoms with E-state index in [1.54, 1.807) is 22.0 Å². The fourth-order valence-electron chi connectivity index (χ4n) is 7.44. The van der Waals surface area contributed by atoms with E-state index in [4.69, 9.17) is 9.47 Å². The van der Waals surface area contributed by atoms with E-state index in [0.717, 1.165) is 10.8 Å². The molecule has 0 aromatic heterocycles. The third-order valence-corrected chi connectivity index (χ3v) is 9.41. The first-order valence-corrected chi connectivity index (χ1v) is 15.2. The number of aliphatic hydroxyl groups is 1. The number of nitrogens with zero attached hydrogens (tertiary/aromatic N) is 2. The van der Waals surface area contributed by atoms with Crippen molar-refractivity contribution in [2.75, 3.05) is 31.2 Å². The highest BCUT2D eigenvalue weighted by Crippen LogP contribution is 2.64. The van der Waals surface area contributed by atoms with E-state index in [1.807, 2.05) is 49.4 Å². The normalized spacial score (nSPS) is 27.7. The second kappa shape index (κ2) is 12.4. The number of carbonyl (C=O) groups excluding carboxylic acids is 3. The molecule has 2 bridgehead atoms. The minimum atomic E-state index is -1.13. The summed E-state index contributed by atoms with van der Waals surface area (Å²) in [6, 6.07) is 13.0. The number of hydrogen-bond donors (Lipinski definition) is 1. The van der Waals surface area contributed by atoms with E-state index in [0.29, 0.717) is 57.2 Å². The van der Waals surface area contributed by atoms with Crippen molar-refractivity contribution in [3.05, 3.63) is 67.8 Å². The number of unbranched alkanes of at least 4 members (excludes halogenated alkanes) is 2. The zero-order chi connectivity index (χ0) is 29.9. The summed E-state index contributed by atoms with van der Waals surface area (Å²) < 4.78 is 12.5. The van der Waals surface area contributed by atoms with Crippen molar-refractivity contribution in [1.29, 1.82) is 0 Å². The summed E-state index contributed by atoms with van der Waals surface area (Å²) in [4.78, 5) is 46.0. The summed E-state index contributed by atoms with van der Waals surface area (Å²) >= 11 is 0. The van der Waals surface area contributed by atoms with Gasteiger partial charge in [-0.3, -0.25) is 14.4 Å². The molecule has 3 fully saturated rings. The summed E-state index contributed by atoms with van der Waals surface area (Å²) in [6.07, 6.45) is 7.47. The minimum Gasteiger partial charge on any atom is -0.465 e. The van der Waals surface area contributed by atoms with E-state index in [2.05, 4.69) is 13.2 Å². The molecule has 2 aromatic rings. The van der Waals surface area contributed by atoms with Crippen molar-refractivity contribution < 1.29 is 29.0 Å². The van der Waals surface area contributed by atoms with Crippen LogP contribution in [0.3, 0.4) is 0 Å². The number of carbonyl (C=O) groups is 3. The Morgan fingerprint density at radius 3 is 2.62 bits per heavy atom. The lowest BCUT2D eigenvalue weighted by molar-refractivity contribution is -0.160. The molecule has 2 unspecified atom stereocenters. The zero-order valence-electron chi connectivity index (χ0n) is 24.5. The number of rotatable bonds is 14. The van der Waals surface area contributed by atoms with Crippen molar-refractivity contribution in [3.63, 3.8) is 0 Å². The molecule has 224 valence electrons. The molecule has 0 aliphatic carbocycles. The highest BCUT2D eigenvalue weighted by molar-refractivity contribution is 6.05. The van der Waals surface area contributed by atoms with Crippen molar-refractivity contribution in [1.82, 2.24) is 4.90 Å². The summed E-state index contributed by atoms with van der Waals surface area (Å²) in [6.45, 7) is 10.4. The van der Waals surface area contributed by atoms with E-state index in [-0.39, 0.29) is 31.6 Å². The molecule has 0 saturated carbocycles. The fourth-order valence-corrected chi connectivity index (χ4v) is 7.44. The van der Waals surface area contributed by atoms with E-state index >= 15 is 0 Å². The number of benzene rings is 2. The van der Waals surface area contributed by atoms with Crippen LogP contribution in [0.4, 0.5) is 5.69 Å². The molecule has 2 aromatic carbocycles. The molecular formula is C34H42N2O6. The molecule has 2 amide bonds. The van der Waals surface area contributed by atoms with Gasteiger partial charge in [-0.15, -0.1) is 13.2 Å². The number of anilines is 1. The van der Waals surface area contributed by atoms with Crippen molar-refractivity contribution in [2.45, 2.75) is 69.1 Å². The summed E-state index contributed by atoms with van der Waals surface area (Å²) in [5.41, 5.74) is -1.26. The monoisotopic (exact) mass is 574 g/mol. The Balaban J connectivity index is 1.55. The Labute approximate surface area is 248 Å². The van der Waals surface area contributed by atoms with Gasteiger partial charge >= 0.3 is 5.97 Å². The summed E-state index contributed by atoms with van der Waals surface area (Å²) in [5.74, 6) is -2.48. The number of aliphatic hydroxyl groups excluding tert-OH is 1. The molecule has 8 heteroatoms. The predicted molar refractivity (Wildman–Crippen MR) is 162 cm³/mol. The van der Waals surface area contributed by atoms with Gasteiger partial charge in [-0.05, 0) is 67.9 Å². The number of hydrogen-bond acceptors (Lipinski definition) is 6. The van der Waals surface area contributed by atoms with Gasteiger partial charge in [-0.1, -0.05) is 49.4 Å². The van der Waals surface area contributed by atoms with Crippen LogP contribution in [0.2, 0.25) is 0 Å². The first-order valence-electron chi connectivity index (χ1n) is 15.2. The standard InChI is InChI=1S/C34H42N2O6/c1-4-7-22-41-32(40)28-27-30(38)36(20-11-8-12-21-37)29(34(27)18-17-33(28,6-3)42-34)31(39)35(19-5-2)26-16-15-24-13-9-10-14-25(24)23-26/h4-5,9-10,13-16,23,27-29,37H,1-2,6-8,11-12,17-22H2,3H3/t27-,28+,29?,33-,34?/m0/s1. The van der Waals surface area contributed by atoms with Crippen LogP contribution >= 0.6 is 0 Å². The van der Waals surface area contributed by atoms with E-state index < -0.39 is 35.0 Å². The van der Waals surface area contributed by atoms with Gasteiger partial charge < -0.3 is 24.4 Å². The van der Waals surface area contributed by atoms with Crippen molar-refractivity contribution in [3.8, 4) is 0 Å². The van der Waals surface area contributed by atoms with Gasteiger partial charge in [0.05, 0.1) is 18.1 Å². The smallest absolute Gasteiger partial charge is 0.312 e. The SMILES string of the molecule is C=CCCOC(=O)[C@H]1[C@H]2C(=O)N(CCCCCO)C(C(=O)N(CC=C)c3ccc4ccccc4c3)C23CC[C@]1(CC)O3. The first kappa shape index (κ1) is 30.0. The Kier molecular flexibility index (Phi) is 8.85. The molecule has 1 N–H and O–H groups in total. The second-order valence-electron chi connectivity index (χ2n) is 11.7. The average molecular weight is 575 g/mol. The third-order valence-electron chi connectivity index (χ3n) is 9.41. The number of ether oxygens (including phenoxy) is 2. The minimum absolute atomic E-state index is 0.0682. The Morgan fingerprint density at radius 2 is 1.90 bits per heavy atom. The van der Waals surface area contributed by atoms with Crippen LogP contribution in [0.25, 0.3) is 10.8 Å². The summed E-state index contributed by atoms with van der Waals surface area (Å²) in [7, 11) is 0. The van der Waals surface area contributed by atoms with Gasteiger partial charge in [-0.2, -0.15) is 0 Å². The van der Waals surface area contributed by atoms with Gasteiger partial charge in [0.25, 0.3) is 5.91 Å². The lowest BCUT2D eigenvalue weighted by atomic mass is 9.65. The van der Waals surface area contributed by atoms with Crippen LogP contribution < -0.4 is 4.90 Å². The molecule has 3 saturated heterocycles. The maximum atomic E-state index is 14.8. The Morgan fingerprint density at radius 1 is 1.12 bits per heavy atom. The molecule has 0 radical (unpaired) electrons. The van der Waals surface area contributed by atoms with Gasteiger partial charge in [0.15, 0.2) is 0 Å². The van der Waals surface area contributed by atoms with Crippen LogP contribution in [0.5, 0.6) is 0 Å². The third kappa shape index (κ3) is 4.94. The molecule has 42 heavy (non-hydrogen) atoms. The van der Waals surface area contributed by atoms with Crippen molar-refractivity contribution in [2.24, 2.45) is 11.8 Å². The lowest BCUT2D eigenvalue weighted by Crippen LogP contribution is -2.56. The highest BCUT2D eigenvalue weighted by Gasteiger charge is 2.79. The topological polar surface area (TPSA) is 96.4 Å². The second-order valence-corrected chi connectivity index (χ2v) is 11.7. The highest BCUT2D eigenvalue weighted by atomic mass is 16.6. The molecule has 3 heterocycles. The number of likely N-dealkylation sites (tertiary alicyclic amines) is 1. The van der Waals surface area contributed by atoms with Crippen LogP contribution in [0.1, 0.15) is 51.9 Å². The Bertz CT molecular complexity index is 1360. The number of esters is 1. The van der Waals surface area contributed by atoms with Gasteiger partial charge in [0.1, 0.15) is 17.6 Å².